The van der Waals surface area contributed by atoms with Gasteiger partial charge in [0, 0.05) is 84.2 Å². The molecule has 1 unspecified atom stereocenters. The standard InChI is InChI=1S/C60H68N3O14PS3.2Na/c1-59(2)50-41-47(80(70,71)72)29-32-52(50)63(37-38-76-4)55(59)26-15-8-16-27-56-60(3,34-19-39-79(67,68)69)51-42-48(81(73,74)75)30-33-53(51)62(56)36-17-9-10-20-44(64)21-18-35-61-57(65)43-28-31-49(58(66)77-5)54(40-43)78(45-22-11-6-12-23-45)46-24-13-7-14-25-46;;/h6-8,11-16,22-33,40-42H,9-10,17-21,34-39H2,1-5H3,(H3-,61,65,67,68,69,70,71,72,73,74,75);;/q;2*+1/p-1. The fourth-order valence-electron chi connectivity index (χ4n) is 10.6. The van der Waals surface area contributed by atoms with Crippen LogP contribution in [0.2, 0.25) is 0 Å². The van der Waals surface area contributed by atoms with Crippen molar-refractivity contribution in [3.63, 3.8) is 0 Å². The van der Waals surface area contributed by atoms with Gasteiger partial charge in [-0.05, 0) is 132 Å². The van der Waals surface area contributed by atoms with Gasteiger partial charge in [-0.15, -0.1) is 0 Å². The average molecular weight is 1230 g/mol. The molecule has 0 saturated heterocycles. The second-order valence-corrected chi connectivity index (χ2v) is 27.0. The minimum Gasteiger partial charge on any atom is -0.748 e. The van der Waals surface area contributed by atoms with Gasteiger partial charge in [0.1, 0.15) is 22.5 Å². The molecule has 430 valence electrons. The van der Waals surface area contributed by atoms with Crippen LogP contribution in [0.5, 0.6) is 0 Å². The zero-order valence-corrected chi connectivity index (χ0v) is 55.2. The van der Waals surface area contributed by atoms with Crippen molar-refractivity contribution < 1.29 is 126 Å². The smallest absolute Gasteiger partial charge is 0.748 e. The van der Waals surface area contributed by atoms with E-state index in [1.165, 1.54) is 31.4 Å². The molecule has 2 aliphatic rings. The predicted molar refractivity (Wildman–Crippen MR) is 312 cm³/mol. The number of rotatable bonds is 27. The maximum atomic E-state index is 13.6. The summed E-state index contributed by atoms with van der Waals surface area (Å²) in [7, 11) is -12.3. The summed E-state index contributed by atoms with van der Waals surface area (Å²) in [4.78, 5) is 41.1. The van der Waals surface area contributed by atoms with E-state index in [-0.39, 0.29) is 102 Å². The van der Waals surface area contributed by atoms with Crippen molar-refractivity contribution in [3.05, 3.63) is 174 Å². The van der Waals surface area contributed by atoms with Crippen molar-refractivity contribution >= 4 is 88.9 Å². The van der Waals surface area contributed by atoms with E-state index in [2.05, 4.69) is 5.32 Å². The normalized spacial score (nSPS) is 16.3. The van der Waals surface area contributed by atoms with E-state index in [1.54, 1.807) is 55.7 Å². The number of unbranched alkanes of at least 4 members (excludes halogenated alkanes) is 2. The van der Waals surface area contributed by atoms with Crippen LogP contribution < -0.4 is 85.2 Å². The molecule has 83 heavy (non-hydrogen) atoms. The van der Waals surface area contributed by atoms with Crippen LogP contribution in [-0.2, 0) is 55.5 Å². The third-order valence-electron chi connectivity index (χ3n) is 14.7. The van der Waals surface area contributed by atoms with Crippen LogP contribution in [-0.4, -0.2) is 113 Å². The third kappa shape index (κ3) is 17.4. The molecule has 2 aliphatic heterocycles. The number of ketones is 1. The van der Waals surface area contributed by atoms with Gasteiger partial charge in [0.25, 0.3) is 16.0 Å². The first-order chi connectivity index (χ1) is 38.4. The number of ether oxygens (including phenoxy) is 2. The molecule has 0 spiro atoms. The van der Waals surface area contributed by atoms with E-state index in [1.807, 2.05) is 103 Å². The number of carbonyl (C=O) groups excluding carboxylic acids is 3. The molecule has 7 rings (SSSR count). The fourth-order valence-corrected chi connectivity index (χ4v) is 14.6. The summed E-state index contributed by atoms with van der Waals surface area (Å²) in [6, 6.07) is 33.1. The van der Waals surface area contributed by atoms with Crippen LogP contribution in [0.25, 0.3) is 0 Å². The Morgan fingerprint density at radius 1 is 0.735 bits per heavy atom. The van der Waals surface area contributed by atoms with Gasteiger partial charge < -0.3 is 28.8 Å². The Morgan fingerprint density at radius 2 is 1.37 bits per heavy atom. The van der Waals surface area contributed by atoms with Gasteiger partial charge in [-0.1, -0.05) is 85.3 Å². The Labute approximate surface area is 533 Å². The number of benzene rings is 5. The summed E-state index contributed by atoms with van der Waals surface area (Å²) >= 11 is 0. The van der Waals surface area contributed by atoms with Gasteiger partial charge >= 0.3 is 65.1 Å². The van der Waals surface area contributed by atoms with Crippen LogP contribution in [0.15, 0.2) is 161 Å². The van der Waals surface area contributed by atoms with Crippen molar-refractivity contribution in [3.8, 4) is 0 Å². The quantitative estimate of drug-likeness (QED) is 0.0145. The second-order valence-electron chi connectivity index (χ2n) is 20.5. The number of allylic oxidation sites excluding steroid dienone is 6. The topological polar surface area (TPSA) is 257 Å². The molecule has 0 saturated carbocycles. The first kappa shape index (κ1) is 69.3. The van der Waals surface area contributed by atoms with Gasteiger partial charge in [-0.3, -0.25) is 14.1 Å². The van der Waals surface area contributed by atoms with E-state index < -0.39 is 65.7 Å². The summed E-state index contributed by atoms with van der Waals surface area (Å²) in [6.07, 6.45) is 11.8. The maximum Gasteiger partial charge on any atom is 1.00 e. The minimum atomic E-state index is -4.90. The van der Waals surface area contributed by atoms with Gasteiger partial charge in [0.2, 0.25) is 5.69 Å². The summed E-state index contributed by atoms with van der Waals surface area (Å²) in [6.45, 7) is 7.13. The van der Waals surface area contributed by atoms with Gasteiger partial charge in [0.05, 0.1) is 38.0 Å². The Kier molecular flexibility index (Phi) is 25.2. The van der Waals surface area contributed by atoms with Crippen molar-refractivity contribution in [2.24, 2.45) is 0 Å². The zero-order valence-electron chi connectivity index (χ0n) is 47.9. The van der Waals surface area contributed by atoms with Crippen LogP contribution in [0, 0.1) is 0 Å². The number of nitrogens with zero attached hydrogens (tertiary/aromatic N) is 2. The molecule has 23 heteroatoms. The number of methoxy groups -OCH3 is 2. The van der Waals surface area contributed by atoms with E-state index in [0.29, 0.717) is 90.7 Å². The van der Waals surface area contributed by atoms with Crippen LogP contribution in [0.3, 0.4) is 0 Å². The molecule has 0 bridgehead atoms. The molecule has 0 aliphatic carbocycles. The van der Waals surface area contributed by atoms with E-state index >= 15 is 0 Å². The molecule has 0 fully saturated rings. The molecule has 0 aromatic heterocycles. The van der Waals surface area contributed by atoms with Gasteiger partial charge in [-0.2, -0.15) is 13.0 Å². The molecule has 5 aromatic rings. The molecule has 1 atom stereocenters. The number of hydrogen-bond acceptors (Lipinski definition) is 14. The van der Waals surface area contributed by atoms with Crippen molar-refractivity contribution in [2.75, 3.05) is 51.1 Å². The van der Waals surface area contributed by atoms with E-state index in [4.69, 9.17) is 9.47 Å². The van der Waals surface area contributed by atoms with E-state index in [0.717, 1.165) is 22.0 Å². The first-order valence-electron chi connectivity index (χ1n) is 26.4. The SMILES string of the molecule is COCC[N+]1=C(/C=C/C=C/C=C2/N(CCCCCC(=O)CCCNC(=O)c3ccc(C(=O)OC)c(P(c4ccccc4)c4ccccc4)c3)c3ccc(S(=O)(=O)[O-])cc3C2(C)CCCS(=O)(=O)[O-])C(C)(C)c2cc(S(=O)(=O)O)ccc21.[Na+].[Na+]. The summed E-state index contributed by atoms with van der Waals surface area (Å²) in [5.41, 5.74) is 2.97. The van der Waals surface area contributed by atoms with E-state index in [9.17, 15) is 53.3 Å². The second kappa shape index (κ2) is 30.2. The number of hydrogen-bond donors (Lipinski definition) is 2. The molecule has 17 nitrogen and oxygen atoms in total. The molecular weight excluding hydrogens is 1160 g/mol. The van der Waals surface area contributed by atoms with Crippen molar-refractivity contribution in [1.82, 2.24) is 5.32 Å². The number of Topliss-reactive ketones (excluding diaryl/α,β-unsaturated/α-hetero) is 1. The number of nitrogens with one attached hydrogen (secondary N) is 1. The number of fused-ring (bicyclic) bond motifs is 2. The fraction of sp³-hybridized carbons (Fsp3) is 0.333. The summed E-state index contributed by atoms with van der Waals surface area (Å²) in [5.74, 6) is -1.50. The zero-order chi connectivity index (χ0) is 58.8. The Balaban J connectivity index is 0.00000631. The van der Waals surface area contributed by atoms with Crippen LogP contribution in [0.4, 0.5) is 11.4 Å². The van der Waals surface area contributed by atoms with Gasteiger partial charge in [-0.25, -0.2) is 21.6 Å². The maximum absolute atomic E-state index is 13.6. The number of anilines is 1. The average Bonchev–Trinajstić information content (AvgIpc) is 4.06. The molecular formula is C60H67N3Na2O14PS3+. The first-order valence-corrected chi connectivity index (χ1v) is 32.2. The monoisotopic (exact) mass is 1230 g/mol. The van der Waals surface area contributed by atoms with Crippen molar-refractivity contribution in [2.45, 2.75) is 92.8 Å². The Morgan fingerprint density at radius 3 is 1.99 bits per heavy atom. The molecule has 0 radical (unpaired) electrons. The summed E-state index contributed by atoms with van der Waals surface area (Å²) < 4.78 is 119. The molecule has 2 N–H and O–H groups in total. The van der Waals surface area contributed by atoms with Gasteiger partial charge in [0.15, 0.2) is 12.3 Å². The number of carbonyl (C=O) groups is 3. The Hall–Kier alpha value is -4.48. The molecule has 5 aromatic carbocycles. The predicted octanol–water partition coefficient (Wildman–Crippen LogP) is 1.85. The number of esters is 1. The molecule has 2 heterocycles. The largest absolute Gasteiger partial charge is 1.00 e. The van der Waals surface area contributed by atoms with Crippen LogP contribution in [0.1, 0.15) is 104 Å². The summed E-state index contributed by atoms with van der Waals surface area (Å²) in [5, 5.41) is 5.59. The van der Waals surface area contributed by atoms with Crippen LogP contribution >= 0.6 is 7.92 Å². The number of amides is 1. The molecule has 1 amide bonds. The Bertz CT molecular complexity index is 3600. The minimum absolute atomic E-state index is 0. The third-order valence-corrected chi connectivity index (χ3v) is 19.6. The van der Waals surface area contributed by atoms with Crippen molar-refractivity contribution in [1.29, 1.82) is 0 Å².